The summed E-state index contributed by atoms with van der Waals surface area (Å²) in [7, 11) is 1.70. The fraction of sp³-hybridized carbons (Fsp3) is 0.385. The predicted molar refractivity (Wildman–Crippen MR) is 91.5 cm³/mol. The van der Waals surface area contributed by atoms with Gasteiger partial charge in [-0.25, -0.2) is 13.4 Å². The first-order chi connectivity index (χ1) is 10.4. The molecular weight excluding hydrogens is 364 g/mol. The number of nitrogens with zero attached hydrogens (tertiary/aromatic N) is 2. The van der Waals surface area contributed by atoms with Gasteiger partial charge < -0.3 is 4.90 Å². The van der Waals surface area contributed by atoms with E-state index in [1.807, 2.05) is 24.5 Å². The van der Waals surface area contributed by atoms with E-state index in [0.717, 1.165) is 20.2 Å². The molecule has 2 aromatic rings. The molecule has 22 heavy (non-hydrogen) atoms. The van der Waals surface area contributed by atoms with Crippen molar-refractivity contribution in [3.63, 3.8) is 0 Å². The molecule has 2 heterocycles. The molecule has 1 aromatic heterocycles. The number of carbonyl (C=O) groups is 1. The summed E-state index contributed by atoms with van der Waals surface area (Å²) >= 11 is 3.16. The molecule has 0 saturated carbocycles. The van der Waals surface area contributed by atoms with Crippen LogP contribution >= 0.6 is 33.8 Å². The van der Waals surface area contributed by atoms with Gasteiger partial charge in [0.25, 0.3) is 0 Å². The Balaban J connectivity index is 1.86. The maximum absolute atomic E-state index is 12.1. The van der Waals surface area contributed by atoms with E-state index in [1.165, 1.54) is 0 Å². The van der Waals surface area contributed by atoms with Crippen LogP contribution < -0.4 is 4.90 Å². The lowest BCUT2D eigenvalue weighted by molar-refractivity contribution is -0.117. The van der Waals surface area contributed by atoms with Crippen molar-refractivity contribution in [2.45, 2.75) is 10.8 Å². The molecule has 0 N–H and O–H groups in total. The summed E-state index contributed by atoms with van der Waals surface area (Å²) in [6.07, 6.45) is 2.18. The van der Waals surface area contributed by atoms with E-state index in [1.54, 1.807) is 28.0 Å². The van der Waals surface area contributed by atoms with Gasteiger partial charge in [0.05, 0.1) is 16.0 Å². The lowest BCUT2D eigenvalue weighted by atomic mass is 10.1. The van der Waals surface area contributed by atoms with Gasteiger partial charge >= 0.3 is 0 Å². The minimum absolute atomic E-state index is 0.0701. The van der Waals surface area contributed by atoms with Gasteiger partial charge in [-0.1, -0.05) is 11.8 Å². The molecule has 1 atom stereocenters. The molecule has 0 bridgehead atoms. The highest BCUT2D eigenvalue weighted by Crippen LogP contribution is 2.33. The van der Waals surface area contributed by atoms with E-state index in [2.05, 4.69) is 4.98 Å². The van der Waals surface area contributed by atoms with Gasteiger partial charge in [0.15, 0.2) is 4.34 Å². The first-order valence-electron chi connectivity index (χ1n) is 6.53. The Morgan fingerprint density at radius 1 is 1.50 bits per heavy atom. The topological polar surface area (TPSA) is 67.3 Å². The quantitative estimate of drug-likeness (QED) is 0.606. The van der Waals surface area contributed by atoms with Crippen LogP contribution in [0.3, 0.4) is 0 Å². The highest BCUT2D eigenvalue weighted by Gasteiger charge is 2.33. The van der Waals surface area contributed by atoms with Crippen molar-refractivity contribution in [1.82, 2.24) is 4.98 Å². The number of anilines is 1. The zero-order chi connectivity index (χ0) is 15.9. The van der Waals surface area contributed by atoms with Gasteiger partial charge in [-0.15, -0.1) is 11.3 Å². The number of hydrogen-bond donors (Lipinski definition) is 0. The van der Waals surface area contributed by atoms with Gasteiger partial charge in [0.1, 0.15) is 0 Å². The number of carbonyl (C=O) groups excluding carboxylic acids is 1. The van der Waals surface area contributed by atoms with Crippen LogP contribution in [-0.2, 0) is 13.8 Å². The Bertz CT molecular complexity index is 834. The molecule has 1 aliphatic heterocycles. The average molecular weight is 377 g/mol. The van der Waals surface area contributed by atoms with E-state index < -0.39 is 9.05 Å². The van der Waals surface area contributed by atoms with E-state index in [0.29, 0.717) is 6.54 Å². The van der Waals surface area contributed by atoms with Crippen LogP contribution in [0.1, 0.15) is 6.42 Å². The largest absolute Gasteiger partial charge is 0.312 e. The standard InChI is InChI=1S/C13H13ClN2O3S3/c1-20-13-15-10-3-2-9(5-11(10)21-13)16-6-8(4-12(16)17)7-22(14,18)19/h2-3,5,8H,4,6-7H2,1H3. The summed E-state index contributed by atoms with van der Waals surface area (Å²) in [4.78, 5) is 18.2. The van der Waals surface area contributed by atoms with Crippen molar-refractivity contribution in [3.05, 3.63) is 18.2 Å². The Hall–Kier alpha value is -0.830. The second-order valence-electron chi connectivity index (χ2n) is 5.12. The van der Waals surface area contributed by atoms with Crippen LogP contribution in [0.5, 0.6) is 0 Å². The average Bonchev–Trinajstić information content (AvgIpc) is 2.98. The third-order valence-electron chi connectivity index (χ3n) is 3.48. The molecule has 1 aromatic carbocycles. The fourth-order valence-electron chi connectivity index (χ4n) is 2.57. The van der Waals surface area contributed by atoms with Crippen LogP contribution in [0.25, 0.3) is 10.2 Å². The van der Waals surface area contributed by atoms with Crippen molar-refractivity contribution < 1.29 is 13.2 Å². The summed E-state index contributed by atoms with van der Waals surface area (Å²) in [6, 6.07) is 5.67. The first kappa shape index (κ1) is 16.0. The molecule has 0 spiro atoms. The van der Waals surface area contributed by atoms with Crippen LogP contribution in [0.2, 0.25) is 0 Å². The number of halogens is 1. The molecule has 5 nitrogen and oxygen atoms in total. The number of aromatic nitrogens is 1. The second kappa shape index (κ2) is 5.99. The zero-order valence-corrected chi connectivity index (χ0v) is 14.9. The maximum atomic E-state index is 12.1. The van der Waals surface area contributed by atoms with E-state index in [9.17, 15) is 13.2 Å². The molecule has 1 amide bonds. The molecule has 0 aliphatic carbocycles. The third-order valence-corrected chi connectivity index (χ3v) is 6.73. The molecule has 1 saturated heterocycles. The van der Waals surface area contributed by atoms with Crippen LogP contribution in [0.15, 0.2) is 22.5 Å². The Labute approximate surface area is 141 Å². The number of benzene rings is 1. The van der Waals surface area contributed by atoms with Crippen LogP contribution in [0, 0.1) is 5.92 Å². The number of rotatable bonds is 4. The number of fused-ring (bicyclic) bond motifs is 1. The van der Waals surface area contributed by atoms with Crippen molar-refractivity contribution >= 4 is 64.6 Å². The van der Waals surface area contributed by atoms with Gasteiger partial charge in [-0.3, -0.25) is 4.79 Å². The third kappa shape index (κ3) is 3.40. The van der Waals surface area contributed by atoms with Crippen LogP contribution in [-0.4, -0.2) is 37.9 Å². The molecule has 118 valence electrons. The summed E-state index contributed by atoms with van der Waals surface area (Å²) in [5.41, 5.74) is 1.69. The van der Waals surface area contributed by atoms with E-state index >= 15 is 0 Å². The molecule has 1 unspecified atom stereocenters. The van der Waals surface area contributed by atoms with Crippen molar-refractivity contribution in [3.8, 4) is 0 Å². The second-order valence-corrected chi connectivity index (χ2v) is 10.0. The number of hydrogen-bond acceptors (Lipinski definition) is 6. The Kier molecular flexibility index (Phi) is 4.37. The molecule has 1 fully saturated rings. The van der Waals surface area contributed by atoms with Gasteiger partial charge in [-0.05, 0) is 24.5 Å². The number of thiazole rings is 1. The summed E-state index contributed by atoms with van der Waals surface area (Å²) in [6.45, 7) is 0.379. The summed E-state index contributed by atoms with van der Waals surface area (Å²) in [5.74, 6) is -0.496. The minimum atomic E-state index is -3.59. The highest BCUT2D eigenvalue weighted by molar-refractivity contribution is 8.13. The normalized spacial score (nSPS) is 19.3. The summed E-state index contributed by atoms with van der Waals surface area (Å²) < 4.78 is 24.3. The highest BCUT2D eigenvalue weighted by atomic mass is 35.7. The monoisotopic (exact) mass is 376 g/mol. The maximum Gasteiger partial charge on any atom is 0.232 e. The van der Waals surface area contributed by atoms with Crippen molar-refractivity contribution in [2.75, 3.05) is 23.5 Å². The molecule has 3 rings (SSSR count). The van der Waals surface area contributed by atoms with E-state index in [-0.39, 0.29) is 24.0 Å². The molecule has 0 radical (unpaired) electrons. The number of amides is 1. The smallest absolute Gasteiger partial charge is 0.232 e. The fourth-order valence-corrected chi connectivity index (χ4v) is 5.41. The molecule has 1 aliphatic rings. The van der Waals surface area contributed by atoms with Gasteiger partial charge in [0.2, 0.25) is 15.0 Å². The minimum Gasteiger partial charge on any atom is -0.312 e. The molecule has 9 heteroatoms. The Morgan fingerprint density at radius 2 is 2.27 bits per heavy atom. The lowest BCUT2D eigenvalue weighted by Crippen LogP contribution is -2.25. The SMILES string of the molecule is CSc1nc2ccc(N3CC(CS(=O)(=O)Cl)CC3=O)cc2s1. The van der Waals surface area contributed by atoms with Gasteiger partial charge in [0, 0.05) is 35.3 Å². The first-order valence-corrected chi connectivity index (χ1v) is 11.0. The number of thioether (sulfide) groups is 1. The van der Waals surface area contributed by atoms with Crippen molar-refractivity contribution in [1.29, 1.82) is 0 Å². The summed E-state index contributed by atoms with van der Waals surface area (Å²) in [5, 5.41) is 0. The van der Waals surface area contributed by atoms with Crippen molar-refractivity contribution in [2.24, 2.45) is 5.92 Å². The zero-order valence-electron chi connectivity index (χ0n) is 11.7. The van der Waals surface area contributed by atoms with E-state index in [4.69, 9.17) is 10.7 Å². The lowest BCUT2D eigenvalue weighted by Gasteiger charge is -2.16. The van der Waals surface area contributed by atoms with Gasteiger partial charge in [-0.2, -0.15) is 0 Å². The Morgan fingerprint density at radius 3 is 2.95 bits per heavy atom. The predicted octanol–water partition coefficient (Wildman–Crippen LogP) is 2.94. The molecular formula is C13H13ClN2O3S3. The van der Waals surface area contributed by atoms with Crippen LogP contribution in [0.4, 0.5) is 5.69 Å².